The summed E-state index contributed by atoms with van der Waals surface area (Å²) in [5.74, 6) is -0.847. The van der Waals surface area contributed by atoms with Crippen LogP contribution in [0.2, 0.25) is 0 Å². The van der Waals surface area contributed by atoms with Gasteiger partial charge in [0.05, 0.1) is 43.0 Å². The number of ether oxygens (including phenoxy) is 4. The van der Waals surface area contributed by atoms with E-state index in [0.29, 0.717) is 56.7 Å². The van der Waals surface area contributed by atoms with Gasteiger partial charge in [-0.2, -0.15) is 9.29 Å². The van der Waals surface area contributed by atoms with E-state index in [1.54, 1.807) is 19.9 Å². The lowest BCUT2D eigenvalue weighted by Gasteiger charge is -2.32. The van der Waals surface area contributed by atoms with Crippen LogP contribution in [0.3, 0.4) is 0 Å². The number of hydrogen-bond donors (Lipinski definition) is 1. The highest BCUT2D eigenvalue weighted by Crippen LogP contribution is 2.43. The summed E-state index contributed by atoms with van der Waals surface area (Å²) in [4.78, 5) is 24.6. The fourth-order valence-electron chi connectivity index (χ4n) is 7.25. The number of carboxylic acids is 1. The number of carbonyl (C=O) groups is 1. The first kappa shape index (κ1) is 39.0. The third-order valence-corrected chi connectivity index (χ3v) is 12.7. The Morgan fingerprint density at radius 1 is 0.982 bits per heavy atom. The third kappa shape index (κ3) is 8.63. The van der Waals surface area contributed by atoms with Crippen molar-refractivity contribution in [2.45, 2.75) is 70.9 Å². The number of carboxylic acid groups (broad SMARTS) is 1. The zero-order valence-corrected chi connectivity index (χ0v) is 32.9. The van der Waals surface area contributed by atoms with E-state index in [9.17, 15) is 18.3 Å². The van der Waals surface area contributed by atoms with Crippen molar-refractivity contribution in [1.29, 1.82) is 0 Å². The second kappa shape index (κ2) is 16.5. The minimum Gasteiger partial charge on any atom is -0.481 e. The van der Waals surface area contributed by atoms with Crippen molar-refractivity contribution in [3.8, 4) is 11.8 Å². The van der Waals surface area contributed by atoms with Crippen LogP contribution in [0, 0.1) is 25.2 Å². The second-order valence-electron chi connectivity index (χ2n) is 15.2. The molecule has 4 aromatic rings. The van der Waals surface area contributed by atoms with E-state index in [-0.39, 0.29) is 43.0 Å². The molecule has 1 atom stereocenters. The molecule has 5 heterocycles. The lowest BCUT2D eigenvalue weighted by molar-refractivity contribution is -0.147. The highest BCUT2D eigenvalue weighted by atomic mass is 32.2. The van der Waals surface area contributed by atoms with Crippen LogP contribution in [0.5, 0.6) is 11.8 Å². The molecule has 1 aliphatic carbocycles. The molecule has 0 bridgehead atoms. The minimum absolute atomic E-state index is 0.0546. The van der Waals surface area contributed by atoms with Gasteiger partial charge in [0.2, 0.25) is 21.8 Å². The van der Waals surface area contributed by atoms with Crippen molar-refractivity contribution in [2.75, 3.05) is 65.8 Å². The normalized spacial score (nSPS) is 19.3. The Kier molecular flexibility index (Phi) is 11.7. The molecule has 3 aliphatic rings. The highest BCUT2D eigenvalue weighted by molar-refractivity contribution is 7.89. The summed E-state index contributed by atoms with van der Waals surface area (Å²) in [5, 5.41) is 19.5. The Morgan fingerprint density at radius 3 is 2.53 bits per heavy atom. The number of pyridine rings is 2. The number of hydrogen-bond acceptors (Lipinski definition) is 12. The highest BCUT2D eigenvalue weighted by Gasteiger charge is 2.41. The van der Waals surface area contributed by atoms with Crippen molar-refractivity contribution in [3.63, 3.8) is 0 Å². The molecule has 16 heteroatoms. The summed E-state index contributed by atoms with van der Waals surface area (Å²) >= 11 is 0. The molecule has 1 N–H and O–H groups in total. The quantitative estimate of drug-likeness (QED) is 0.217. The van der Waals surface area contributed by atoms with E-state index < -0.39 is 27.3 Å². The van der Waals surface area contributed by atoms with Crippen LogP contribution in [-0.2, 0) is 37.4 Å². The van der Waals surface area contributed by atoms with Crippen LogP contribution in [-0.4, -0.2) is 119 Å². The van der Waals surface area contributed by atoms with Crippen molar-refractivity contribution in [2.24, 2.45) is 11.3 Å². The zero-order valence-electron chi connectivity index (χ0n) is 32.1. The average Bonchev–Trinajstić information content (AvgIpc) is 3.89. The molecule has 15 nitrogen and oxygen atoms in total. The maximum Gasteiger partial charge on any atom is 0.310 e. The van der Waals surface area contributed by atoms with Crippen LogP contribution < -0.4 is 9.47 Å². The summed E-state index contributed by atoms with van der Waals surface area (Å²) in [6.07, 6.45) is 2.81. The van der Waals surface area contributed by atoms with Crippen LogP contribution in [0.4, 0.5) is 0 Å². The number of nitrogens with zero attached hydrogens (tertiary/aromatic N) is 7. The largest absolute Gasteiger partial charge is 0.481 e. The Morgan fingerprint density at radius 2 is 1.76 bits per heavy atom. The van der Waals surface area contributed by atoms with E-state index in [2.05, 4.69) is 20.2 Å². The Hall–Kier alpha value is -4.22. The number of aromatic nitrogens is 5. The molecule has 55 heavy (non-hydrogen) atoms. The summed E-state index contributed by atoms with van der Waals surface area (Å²) in [7, 11) is -4.17. The standard InChI is InChI=1S/C39H51N7O8S/c1-26-6-10-30(35(39(3,4)38(47)48)29-9-11-32-36(27(29)2)42-43-46(32)24-28-7-8-28)40-31(26)25-45-14-5-18-51-22-23-54-37-33(55(45,49)50)12-13-34(41-37)53-21-17-44-15-19-52-20-16-44/h6,9-13,28,35H,5,7-8,14-25H2,1-4H3,(H,47,48)/t35-/m1/s1. The molecule has 0 amide bonds. The Bertz CT molecular complexity index is 2110. The average molecular weight is 778 g/mol. The number of fused-ring (bicyclic) bond motifs is 2. The number of rotatable bonds is 12. The third-order valence-electron chi connectivity index (χ3n) is 10.9. The van der Waals surface area contributed by atoms with Gasteiger partial charge in [-0.25, -0.2) is 13.1 Å². The fourth-order valence-corrected chi connectivity index (χ4v) is 8.76. The van der Waals surface area contributed by atoms with Gasteiger partial charge in [-0.3, -0.25) is 14.7 Å². The maximum absolute atomic E-state index is 14.5. The van der Waals surface area contributed by atoms with Gasteiger partial charge >= 0.3 is 5.97 Å². The molecule has 0 radical (unpaired) electrons. The fraction of sp³-hybridized carbons (Fsp3) is 0.564. The van der Waals surface area contributed by atoms with Crippen molar-refractivity contribution in [3.05, 3.63) is 64.5 Å². The first-order valence-corrected chi connectivity index (χ1v) is 20.5. The second-order valence-corrected chi connectivity index (χ2v) is 17.1. The molecule has 296 valence electrons. The van der Waals surface area contributed by atoms with Crippen molar-refractivity contribution < 1.29 is 37.3 Å². The van der Waals surface area contributed by atoms with Gasteiger partial charge in [-0.05, 0) is 87.8 Å². The van der Waals surface area contributed by atoms with Gasteiger partial charge in [0.25, 0.3) is 0 Å². The monoisotopic (exact) mass is 777 g/mol. The van der Waals surface area contributed by atoms with Crippen LogP contribution in [0.1, 0.15) is 67.1 Å². The first-order chi connectivity index (χ1) is 26.4. The molecule has 2 fully saturated rings. The molecule has 3 aromatic heterocycles. The number of aliphatic carboxylic acids is 1. The molecule has 7 rings (SSSR count). The van der Waals surface area contributed by atoms with Gasteiger partial charge in [-0.1, -0.05) is 17.3 Å². The SMILES string of the molecule is Cc1ccc([C@@H](c2ccc3c(nnn3CC3CC3)c2C)C(C)(C)C(=O)O)nc1CN1CCCOCCOc2nc(OCCN3CCOCC3)ccc2S1(=O)=O. The predicted molar refractivity (Wildman–Crippen MR) is 203 cm³/mol. The summed E-state index contributed by atoms with van der Waals surface area (Å²) < 4.78 is 55.4. The minimum atomic E-state index is -4.17. The topological polar surface area (TPSA) is 171 Å². The molecule has 1 saturated heterocycles. The number of morpholine rings is 1. The van der Waals surface area contributed by atoms with Crippen molar-refractivity contribution in [1.82, 2.24) is 34.2 Å². The van der Waals surface area contributed by atoms with Gasteiger partial charge in [0.1, 0.15) is 23.6 Å². The van der Waals surface area contributed by atoms with E-state index >= 15 is 0 Å². The molecule has 2 aliphatic heterocycles. The lowest BCUT2D eigenvalue weighted by atomic mass is 9.71. The van der Waals surface area contributed by atoms with E-state index in [0.717, 1.165) is 47.4 Å². The molecule has 1 saturated carbocycles. The number of aryl methyl sites for hydroxylation is 2. The Balaban J connectivity index is 1.20. The molecule has 0 spiro atoms. The molecular formula is C39H51N7O8S. The van der Waals surface area contributed by atoms with Crippen LogP contribution in [0.25, 0.3) is 11.0 Å². The summed E-state index contributed by atoms with van der Waals surface area (Å²) in [6, 6.07) is 10.7. The van der Waals surface area contributed by atoms with Gasteiger partial charge < -0.3 is 24.1 Å². The summed E-state index contributed by atoms with van der Waals surface area (Å²) in [5.41, 5.74) is 3.77. The van der Waals surface area contributed by atoms with E-state index in [1.807, 2.05) is 42.8 Å². The molecular weight excluding hydrogens is 727 g/mol. The Labute approximate surface area is 322 Å². The lowest BCUT2D eigenvalue weighted by Crippen LogP contribution is -2.38. The number of sulfonamides is 1. The molecule has 1 aromatic carbocycles. The van der Waals surface area contributed by atoms with Crippen molar-refractivity contribution >= 4 is 27.0 Å². The van der Waals surface area contributed by atoms with E-state index in [4.69, 9.17) is 23.9 Å². The van der Waals surface area contributed by atoms with Gasteiger partial charge in [-0.15, -0.1) is 5.10 Å². The first-order valence-electron chi connectivity index (χ1n) is 19.1. The zero-order chi connectivity index (χ0) is 38.7. The maximum atomic E-state index is 14.5. The summed E-state index contributed by atoms with van der Waals surface area (Å²) in [6.45, 7) is 12.9. The predicted octanol–water partition coefficient (Wildman–Crippen LogP) is 4.19. The van der Waals surface area contributed by atoms with Crippen LogP contribution in [0.15, 0.2) is 41.3 Å². The van der Waals surface area contributed by atoms with E-state index in [1.165, 1.54) is 23.2 Å². The van der Waals surface area contributed by atoms with Gasteiger partial charge in [0.15, 0.2) is 0 Å². The van der Waals surface area contributed by atoms with Gasteiger partial charge in [0, 0.05) is 57.0 Å². The number of benzene rings is 1. The van der Waals surface area contributed by atoms with Crippen LogP contribution >= 0.6 is 0 Å². The smallest absolute Gasteiger partial charge is 0.310 e. The molecule has 0 unspecified atom stereocenters.